The summed E-state index contributed by atoms with van der Waals surface area (Å²) in [5, 5.41) is 17.9. The first-order chi connectivity index (χ1) is 9.85. The smallest absolute Gasteiger partial charge is 0.314 e. The summed E-state index contributed by atoms with van der Waals surface area (Å²) in [7, 11) is -3.54. The maximum absolute atomic E-state index is 12.2. The lowest BCUT2D eigenvalue weighted by atomic mass is 9.99. The highest BCUT2D eigenvalue weighted by molar-refractivity contribution is 7.92. The zero-order chi connectivity index (χ0) is 15.8. The topological polar surface area (TPSA) is 91.7 Å². The predicted octanol–water partition coefficient (Wildman–Crippen LogP) is 1.21. The molecule has 0 amide bonds. The molecule has 0 heterocycles. The molecule has 0 spiro atoms. The molecule has 5 nitrogen and oxygen atoms in total. The zero-order valence-corrected chi connectivity index (χ0v) is 12.9. The molecular formula is C15H20O5S. The number of benzene rings is 1. The summed E-state index contributed by atoms with van der Waals surface area (Å²) in [6.07, 6.45) is 0.853. The molecule has 1 fully saturated rings. The molecule has 21 heavy (non-hydrogen) atoms. The number of carbonyl (C=O) groups is 1. The van der Waals surface area contributed by atoms with Gasteiger partial charge < -0.3 is 10.2 Å². The number of aryl methyl sites for hydroxylation is 1. The van der Waals surface area contributed by atoms with E-state index in [-0.39, 0.29) is 5.75 Å². The molecule has 116 valence electrons. The SMILES string of the molecule is CCc1ccc([C@@H]2[C@@H](S(=O)(=O)CC)[C@@]2(CO)C(=O)O)cc1. The minimum Gasteiger partial charge on any atom is -0.481 e. The van der Waals surface area contributed by atoms with Crippen LogP contribution in [0.3, 0.4) is 0 Å². The van der Waals surface area contributed by atoms with E-state index < -0.39 is 39.0 Å². The minimum atomic E-state index is -3.54. The zero-order valence-electron chi connectivity index (χ0n) is 12.1. The fraction of sp³-hybridized carbons (Fsp3) is 0.533. The van der Waals surface area contributed by atoms with Gasteiger partial charge in [-0.1, -0.05) is 38.1 Å². The van der Waals surface area contributed by atoms with E-state index in [1.807, 2.05) is 19.1 Å². The first-order valence-electron chi connectivity index (χ1n) is 6.99. The first-order valence-corrected chi connectivity index (χ1v) is 8.71. The van der Waals surface area contributed by atoms with Gasteiger partial charge in [0.2, 0.25) is 0 Å². The van der Waals surface area contributed by atoms with Crippen LogP contribution < -0.4 is 0 Å². The van der Waals surface area contributed by atoms with Crippen molar-refractivity contribution in [3.8, 4) is 0 Å². The highest BCUT2D eigenvalue weighted by Gasteiger charge is 2.75. The van der Waals surface area contributed by atoms with Crippen LogP contribution in [0, 0.1) is 5.41 Å². The summed E-state index contributed by atoms with van der Waals surface area (Å²) in [6, 6.07) is 7.27. The molecule has 0 bridgehead atoms. The van der Waals surface area contributed by atoms with Crippen LogP contribution in [0.1, 0.15) is 30.9 Å². The number of carboxylic acid groups (broad SMARTS) is 1. The summed E-state index contributed by atoms with van der Waals surface area (Å²) in [5.74, 6) is -2.07. The van der Waals surface area contributed by atoms with Gasteiger partial charge in [0.25, 0.3) is 0 Å². The molecule has 1 aromatic carbocycles. The molecule has 0 saturated heterocycles. The van der Waals surface area contributed by atoms with Crippen LogP contribution in [0.4, 0.5) is 0 Å². The van der Waals surface area contributed by atoms with Gasteiger partial charge in [-0.15, -0.1) is 0 Å². The number of aliphatic hydroxyl groups is 1. The van der Waals surface area contributed by atoms with Gasteiger partial charge in [0.1, 0.15) is 5.41 Å². The number of hydrogen-bond donors (Lipinski definition) is 2. The van der Waals surface area contributed by atoms with Crippen molar-refractivity contribution in [3.05, 3.63) is 35.4 Å². The van der Waals surface area contributed by atoms with Crippen molar-refractivity contribution in [3.63, 3.8) is 0 Å². The maximum atomic E-state index is 12.2. The van der Waals surface area contributed by atoms with Crippen molar-refractivity contribution in [2.45, 2.75) is 31.4 Å². The standard InChI is InChI=1S/C15H20O5S/c1-3-10-5-7-11(8-6-10)12-13(21(19,20)4-2)15(12,9-16)14(17)18/h5-8,12-13,16H,3-4,9H2,1-2H3,(H,17,18)/t12-,13-,15+/m1/s1. The molecule has 0 aliphatic heterocycles. The van der Waals surface area contributed by atoms with E-state index in [0.717, 1.165) is 12.0 Å². The Hall–Kier alpha value is -1.40. The number of hydrogen-bond acceptors (Lipinski definition) is 4. The Balaban J connectivity index is 2.47. The van der Waals surface area contributed by atoms with Crippen LogP contribution >= 0.6 is 0 Å². The molecular weight excluding hydrogens is 292 g/mol. The maximum Gasteiger partial charge on any atom is 0.314 e. The summed E-state index contributed by atoms with van der Waals surface area (Å²) in [6.45, 7) is 2.83. The van der Waals surface area contributed by atoms with Crippen LogP contribution in [0.2, 0.25) is 0 Å². The van der Waals surface area contributed by atoms with Gasteiger partial charge in [-0.05, 0) is 17.5 Å². The second-order valence-electron chi connectivity index (χ2n) is 5.45. The van der Waals surface area contributed by atoms with E-state index in [1.165, 1.54) is 6.92 Å². The highest BCUT2D eigenvalue weighted by Crippen LogP contribution is 2.63. The van der Waals surface area contributed by atoms with Gasteiger partial charge in [-0.25, -0.2) is 8.42 Å². The van der Waals surface area contributed by atoms with E-state index >= 15 is 0 Å². The highest BCUT2D eigenvalue weighted by atomic mass is 32.2. The molecule has 0 aromatic heterocycles. The number of aliphatic hydroxyl groups excluding tert-OH is 1. The lowest BCUT2D eigenvalue weighted by Gasteiger charge is -2.09. The Morgan fingerprint density at radius 1 is 1.24 bits per heavy atom. The van der Waals surface area contributed by atoms with E-state index in [1.54, 1.807) is 12.1 Å². The van der Waals surface area contributed by atoms with Crippen LogP contribution in [0.5, 0.6) is 0 Å². The fourth-order valence-corrected chi connectivity index (χ4v) is 5.11. The van der Waals surface area contributed by atoms with Gasteiger partial charge in [0.05, 0.1) is 11.9 Å². The normalized spacial score (nSPS) is 28.3. The Kier molecular flexibility index (Phi) is 4.13. The third-order valence-corrected chi connectivity index (χ3v) is 6.72. The molecule has 1 aliphatic carbocycles. The summed E-state index contributed by atoms with van der Waals surface area (Å²) in [5.41, 5.74) is 0.146. The quantitative estimate of drug-likeness (QED) is 0.824. The van der Waals surface area contributed by atoms with Crippen molar-refractivity contribution >= 4 is 15.8 Å². The lowest BCUT2D eigenvalue weighted by Crippen LogP contribution is -2.28. The van der Waals surface area contributed by atoms with Gasteiger partial charge in [-0.3, -0.25) is 4.79 Å². The Labute approximate surface area is 124 Å². The summed E-state index contributed by atoms with van der Waals surface area (Å²) in [4.78, 5) is 11.6. The van der Waals surface area contributed by atoms with Crippen LogP contribution in [0.15, 0.2) is 24.3 Å². The molecule has 3 atom stereocenters. The number of carboxylic acids is 1. The first kappa shape index (κ1) is 16.0. The Bertz CT molecular complexity index is 635. The molecule has 1 saturated carbocycles. The average Bonchev–Trinajstić information content (AvgIpc) is 3.19. The van der Waals surface area contributed by atoms with Crippen molar-refractivity contribution in [1.29, 1.82) is 0 Å². The lowest BCUT2D eigenvalue weighted by molar-refractivity contribution is -0.145. The second kappa shape index (κ2) is 5.42. The van der Waals surface area contributed by atoms with Crippen molar-refractivity contribution < 1.29 is 23.4 Å². The van der Waals surface area contributed by atoms with Crippen LogP contribution in [-0.4, -0.2) is 42.2 Å². The predicted molar refractivity (Wildman–Crippen MR) is 79.0 cm³/mol. The third-order valence-electron chi connectivity index (χ3n) is 4.45. The summed E-state index contributed by atoms with van der Waals surface area (Å²) >= 11 is 0. The third kappa shape index (κ3) is 2.36. The number of aliphatic carboxylic acids is 1. The molecule has 6 heteroatoms. The van der Waals surface area contributed by atoms with Crippen molar-refractivity contribution in [2.24, 2.45) is 5.41 Å². The molecule has 0 radical (unpaired) electrons. The monoisotopic (exact) mass is 312 g/mol. The van der Waals surface area contributed by atoms with E-state index in [2.05, 4.69) is 0 Å². The largest absolute Gasteiger partial charge is 0.481 e. The molecule has 1 aliphatic rings. The molecule has 1 aromatic rings. The van der Waals surface area contributed by atoms with Gasteiger partial charge >= 0.3 is 5.97 Å². The van der Waals surface area contributed by atoms with Crippen LogP contribution in [0.25, 0.3) is 0 Å². The number of rotatable bonds is 6. The molecule has 2 rings (SSSR count). The van der Waals surface area contributed by atoms with Gasteiger partial charge in [0, 0.05) is 11.7 Å². The second-order valence-corrected chi connectivity index (χ2v) is 7.86. The van der Waals surface area contributed by atoms with Crippen molar-refractivity contribution in [1.82, 2.24) is 0 Å². The molecule has 0 unspecified atom stereocenters. The summed E-state index contributed by atoms with van der Waals surface area (Å²) < 4.78 is 24.3. The molecule has 2 N–H and O–H groups in total. The Morgan fingerprint density at radius 2 is 1.81 bits per heavy atom. The minimum absolute atomic E-state index is 0.129. The Morgan fingerprint density at radius 3 is 2.19 bits per heavy atom. The average molecular weight is 312 g/mol. The van der Waals surface area contributed by atoms with Crippen LogP contribution in [-0.2, 0) is 21.1 Å². The van der Waals surface area contributed by atoms with E-state index in [0.29, 0.717) is 5.56 Å². The van der Waals surface area contributed by atoms with E-state index in [4.69, 9.17) is 0 Å². The van der Waals surface area contributed by atoms with Gasteiger partial charge in [0.15, 0.2) is 9.84 Å². The van der Waals surface area contributed by atoms with Crippen molar-refractivity contribution in [2.75, 3.05) is 12.4 Å². The fourth-order valence-electron chi connectivity index (χ4n) is 3.06. The number of sulfone groups is 1. The van der Waals surface area contributed by atoms with Gasteiger partial charge in [-0.2, -0.15) is 0 Å². The van der Waals surface area contributed by atoms with E-state index in [9.17, 15) is 23.4 Å².